The first kappa shape index (κ1) is 15.1. The standard InChI is InChI=1S/C14H21NO2S/c1-3-14(4-2,10-16)9-15-13(17)11-5-7-12(18)8-6-11/h5-8,16,18H,3-4,9-10H2,1-2H3,(H,15,17). The number of amides is 1. The largest absolute Gasteiger partial charge is 0.396 e. The second-order valence-corrected chi connectivity index (χ2v) is 5.11. The summed E-state index contributed by atoms with van der Waals surface area (Å²) in [5.74, 6) is -0.108. The second-order valence-electron chi connectivity index (χ2n) is 4.59. The molecule has 1 aromatic carbocycles. The van der Waals surface area contributed by atoms with Crippen LogP contribution in [0.3, 0.4) is 0 Å². The van der Waals surface area contributed by atoms with Gasteiger partial charge < -0.3 is 10.4 Å². The van der Waals surface area contributed by atoms with Gasteiger partial charge in [-0.2, -0.15) is 0 Å². The SMILES string of the molecule is CCC(CC)(CO)CNC(=O)c1ccc(S)cc1. The molecular weight excluding hydrogens is 246 g/mol. The molecule has 1 amide bonds. The zero-order valence-electron chi connectivity index (χ0n) is 10.9. The van der Waals surface area contributed by atoms with Gasteiger partial charge in [-0.25, -0.2) is 0 Å². The normalized spacial score (nSPS) is 11.3. The molecule has 0 fully saturated rings. The number of aliphatic hydroxyl groups excluding tert-OH is 1. The van der Waals surface area contributed by atoms with E-state index < -0.39 is 0 Å². The van der Waals surface area contributed by atoms with Gasteiger partial charge >= 0.3 is 0 Å². The average Bonchev–Trinajstić information content (AvgIpc) is 2.41. The van der Waals surface area contributed by atoms with E-state index in [0.29, 0.717) is 12.1 Å². The molecule has 3 nitrogen and oxygen atoms in total. The molecule has 0 aromatic heterocycles. The molecule has 0 aliphatic rings. The monoisotopic (exact) mass is 267 g/mol. The first-order valence-corrected chi connectivity index (χ1v) is 6.69. The highest BCUT2D eigenvalue weighted by Gasteiger charge is 2.25. The molecule has 0 atom stereocenters. The number of hydrogen-bond acceptors (Lipinski definition) is 3. The van der Waals surface area contributed by atoms with E-state index in [1.54, 1.807) is 24.3 Å². The third-order valence-corrected chi connectivity index (χ3v) is 3.89. The third kappa shape index (κ3) is 3.75. The number of nitrogens with one attached hydrogen (secondary N) is 1. The van der Waals surface area contributed by atoms with E-state index in [1.807, 2.05) is 13.8 Å². The van der Waals surface area contributed by atoms with Crippen molar-refractivity contribution in [3.05, 3.63) is 29.8 Å². The fourth-order valence-corrected chi connectivity index (χ4v) is 1.91. The van der Waals surface area contributed by atoms with Gasteiger partial charge in [-0.05, 0) is 37.1 Å². The Labute approximate surface area is 114 Å². The summed E-state index contributed by atoms with van der Waals surface area (Å²) < 4.78 is 0. The number of thiol groups is 1. The molecule has 0 saturated carbocycles. The van der Waals surface area contributed by atoms with Crippen molar-refractivity contribution in [2.24, 2.45) is 5.41 Å². The van der Waals surface area contributed by atoms with Crippen molar-refractivity contribution < 1.29 is 9.90 Å². The van der Waals surface area contributed by atoms with Crippen LogP contribution in [0, 0.1) is 5.41 Å². The Hall–Kier alpha value is -1.00. The summed E-state index contributed by atoms with van der Waals surface area (Å²) in [6.45, 7) is 4.65. The van der Waals surface area contributed by atoms with Crippen molar-refractivity contribution in [2.75, 3.05) is 13.2 Å². The molecule has 2 N–H and O–H groups in total. The van der Waals surface area contributed by atoms with Crippen LogP contribution in [-0.4, -0.2) is 24.2 Å². The van der Waals surface area contributed by atoms with Gasteiger partial charge in [0.2, 0.25) is 0 Å². The minimum absolute atomic E-state index is 0.0931. The second kappa shape index (κ2) is 6.81. The Morgan fingerprint density at radius 3 is 2.28 bits per heavy atom. The van der Waals surface area contributed by atoms with Crippen LogP contribution in [0.15, 0.2) is 29.2 Å². The number of carbonyl (C=O) groups is 1. The van der Waals surface area contributed by atoms with Gasteiger partial charge in [0, 0.05) is 22.4 Å². The Morgan fingerprint density at radius 1 is 1.28 bits per heavy atom. The highest BCUT2D eigenvalue weighted by atomic mass is 32.1. The molecule has 4 heteroatoms. The van der Waals surface area contributed by atoms with E-state index >= 15 is 0 Å². The van der Waals surface area contributed by atoms with Crippen molar-refractivity contribution >= 4 is 18.5 Å². The molecule has 1 rings (SSSR count). The molecule has 100 valence electrons. The quantitative estimate of drug-likeness (QED) is 0.694. The fourth-order valence-electron chi connectivity index (χ4n) is 1.76. The molecule has 0 aliphatic heterocycles. The first-order chi connectivity index (χ1) is 8.56. The van der Waals surface area contributed by atoms with Gasteiger partial charge in [0.1, 0.15) is 0 Å². The maximum absolute atomic E-state index is 11.9. The summed E-state index contributed by atoms with van der Waals surface area (Å²) in [5, 5.41) is 12.3. The molecule has 0 unspecified atom stereocenters. The fraction of sp³-hybridized carbons (Fsp3) is 0.500. The summed E-state index contributed by atoms with van der Waals surface area (Å²) >= 11 is 4.18. The smallest absolute Gasteiger partial charge is 0.251 e. The van der Waals surface area contributed by atoms with E-state index in [-0.39, 0.29) is 17.9 Å². The van der Waals surface area contributed by atoms with Gasteiger partial charge in [0.05, 0.1) is 6.61 Å². The van der Waals surface area contributed by atoms with Gasteiger partial charge in [0.15, 0.2) is 0 Å². The zero-order chi connectivity index (χ0) is 13.6. The molecular formula is C14H21NO2S. The predicted octanol–water partition coefficient (Wildman–Crippen LogP) is 2.50. The number of benzene rings is 1. The third-order valence-electron chi connectivity index (χ3n) is 3.59. The van der Waals surface area contributed by atoms with Gasteiger partial charge in [-0.3, -0.25) is 4.79 Å². The molecule has 0 radical (unpaired) electrons. The molecule has 1 aromatic rings. The van der Waals surface area contributed by atoms with E-state index in [0.717, 1.165) is 17.7 Å². The summed E-state index contributed by atoms with van der Waals surface area (Å²) in [4.78, 5) is 12.8. The van der Waals surface area contributed by atoms with Gasteiger partial charge in [-0.15, -0.1) is 12.6 Å². The Balaban J connectivity index is 2.63. The van der Waals surface area contributed by atoms with Crippen LogP contribution in [-0.2, 0) is 0 Å². The Kier molecular flexibility index (Phi) is 5.69. The van der Waals surface area contributed by atoms with Crippen LogP contribution in [0.25, 0.3) is 0 Å². The number of rotatable bonds is 6. The predicted molar refractivity (Wildman–Crippen MR) is 76.1 cm³/mol. The van der Waals surface area contributed by atoms with Crippen LogP contribution in [0.4, 0.5) is 0 Å². The lowest BCUT2D eigenvalue weighted by Crippen LogP contribution is -2.39. The topological polar surface area (TPSA) is 49.3 Å². The number of carbonyl (C=O) groups excluding carboxylic acids is 1. The Bertz CT molecular complexity index is 377. The van der Waals surface area contributed by atoms with Crippen molar-refractivity contribution in [3.8, 4) is 0 Å². The van der Waals surface area contributed by atoms with Crippen LogP contribution >= 0.6 is 12.6 Å². The highest BCUT2D eigenvalue weighted by molar-refractivity contribution is 7.80. The van der Waals surface area contributed by atoms with Crippen LogP contribution in [0.1, 0.15) is 37.0 Å². The van der Waals surface area contributed by atoms with Gasteiger partial charge in [0.25, 0.3) is 5.91 Å². The average molecular weight is 267 g/mol. The molecule has 0 spiro atoms. The lowest BCUT2D eigenvalue weighted by Gasteiger charge is -2.29. The minimum Gasteiger partial charge on any atom is -0.396 e. The molecule has 0 aliphatic carbocycles. The summed E-state index contributed by atoms with van der Waals surface area (Å²) in [5.41, 5.74) is 0.408. The van der Waals surface area contributed by atoms with Crippen LogP contribution in [0.5, 0.6) is 0 Å². The van der Waals surface area contributed by atoms with Crippen molar-refractivity contribution in [1.29, 1.82) is 0 Å². The van der Waals surface area contributed by atoms with Crippen molar-refractivity contribution in [2.45, 2.75) is 31.6 Å². The van der Waals surface area contributed by atoms with E-state index in [9.17, 15) is 9.90 Å². The molecule has 0 saturated heterocycles. The maximum Gasteiger partial charge on any atom is 0.251 e. The van der Waals surface area contributed by atoms with E-state index in [2.05, 4.69) is 17.9 Å². The van der Waals surface area contributed by atoms with Crippen LogP contribution in [0.2, 0.25) is 0 Å². The van der Waals surface area contributed by atoms with E-state index in [1.165, 1.54) is 0 Å². The first-order valence-electron chi connectivity index (χ1n) is 6.25. The number of hydrogen-bond donors (Lipinski definition) is 3. The van der Waals surface area contributed by atoms with Crippen molar-refractivity contribution in [1.82, 2.24) is 5.32 Å². The van der Waals surface area contributed by atoms with E-state index in [4.69, 9.17) is 0 Å². The number of aliphatic hydroxyl groups is 1. The van der Waals surface area contributed by atoms with Crippen LogP contribution < -0.4 is 5.32 Å². The molecule has 0 heterocycles. The zero-order valence-corrected chi connectivity index (χ0v) is 11.8. The Morgan fingerprint density at radius 2 is 1.83 bits per heavy atom. The lowest BCUT2D eigenvalue weighted by molar-refractivity contribution is 0.0851. The highest BCUT2D eigenvalue weighted by Crippen LogP contribution is 2.24. The summed E-state index contributed by atoms with van der Waals surface area (Å²) in [7, 11) is 0. The van der Waals surface area contributed by atoms with Crippen molar-refractivity contribution in [3.63, 3.8) is 0 Å². The van der Waals surface area contributed by atoms with Gasteiger partial charge in [-0.1, -0.05) is 13.8 Å². The molecule has 18 heavy (non-hydrogen) atoms. The molecule has 0 bridgehead atoms. The summed E-state index contributed by atoms with van der Waals surface area (Å²) in [6, 6.07) is 7.07. The lowest BCUT2D eigenvalue weighted by atomic mass is 9.83. The minimum atomic E-state index is -0.209. The summed E-state index contributed by atoms with van der Waals surface area (Å²) in [6.07, 6.45) is 1.69. The maximum atomic E-state index is 11.9.